The second kappa shape index (κ2) is 11.2. The highest BCUT2D eigenvalue weighted by atomic mass is 14.1. The number of benzene rings is 6. The second-order valence-corrected chi connectivity index (χ2v) is 10.7. The first-order chi connectivity index (χ1) is 19.6. The van der Waals surface area contributed by atoms with E-state index in [1.165, 1.54) is 65.9 Å². The zero-order valence-corrected chi connectivity index (χ0v) is 23.4. The molecule has 0 amide bonds. The molecule has 0 spiro atoms. The van der Waals surface area contributed by atoms with Crippen LogP contribution >= 0.6 is 0 Å². The van der Waals surface area contributed by atoms with E-state index in [9.17, 15) is 0 Å². The normalized spacial score (nSPS) is 11.9. The molecule has 6 aromatic carbocycles. The summed E-state index contributed by atoms with van der Waals surface area (Å²) in [5.41, 5.74) is 10.4. The maximum atomic E-state index is 2.41. The van der Waals surface area contributed by atoms with Crippen LogP contribution in [0.2, 0.25) is 0 Å². The average molecular weight is 513 g/mol. The number of hydrogen-bond donors (Lipinski definition) is 0. The molecule has 0 aliphatic heterocycles. The van der Waals surface area contributed by atoms with Gasteiger partial charge in [-0.05, 0) is 64.6 Å². The van der Waals surface area contributed by atoms with Crippen molar-refractivity contribution in [1.82, 2.24) is 0 Å². The Hall–Kier alpha value is -4.62. The van der Waals surface area contributed by atoms with Crippen molar-refractivity contribution in [2.45, 2.75) is 20.8 Å². The minimum absolute atomic E-state index is 0.0994. The van der Waals surface area contributed by atoms with Gasteiger partial charge in [-0.1, -0.05) is 162 Å². The van der Waals surface area contributed by atoms with Gasteiger partial charge < -0.3 is 0 Å². The fourth-order valence-corrected chi connectivity index (χ4v) is 6.07. The van der Waals surface area contributed by atoms with E-state index >= 15 is 0 Å². The van der Waals surface area contributed by atoms with Crippen LogP contribution in [0.25, 0.3) is 27.1 Å². The van der Waals surface area contributed by atoms with Crippen molar-refractivity contribution >= 4 is 44.8 Å². The van der Waals surface area contributed by atoms with Gasteiger partial charge in [0.25, 0.3) is 0 Å². The molecule has 0 aliphatic carbocycles. The molecule has 1 heteroatoms. The second-order valence-electron chi connectivity index (χ2n) is 10.7. The van der Waals surface area contributed by atoms with Crippen LogP contribution in [-0.2, 0) is 0 Å². The first kappa shape index (κ1) is 25.7. The highest BCUT2D eigenvalue weighted by Gasteiger charge is 2.24. The third-order valence-electron chi connectivity index (χ3n) is 8.09. The molecule has 0 nitrogen and oxygen atoms in total. The topological polar surface area (TPSA) is 0 Å². The van der Waals surface area contributed by atoms with Crippen molar-refractivity contribution in [2.24, 2.45) is 0 Å². The minimum atomic E-state index is 0.0994. The monoisotopic (exact) mass is 512 g/mol. The smallest absolute Gasteiger partial charge is 0.105 e. The van der Waals surface area contributed by atoms with Gasteiger partial charge in [-0.15, -0.1) is 5.98 Å². The molecule has 0 bridgehead atoms. The number of fused-ring (bicyclic) bond motifs is 2. The quantitative estimate of drug-likeness (QED) is 0.155. The lowest BCUT2D eigenvalue weighted by Crippen LogP contribution is -2.44. The highest BCUT2D eigenvalue weighted by molar-refractivity contribution is 6.92. The summed E-state index contributed by atoms with van der Waals surface area (Å²) in [5, 5.41) is 5.19. The van der Waals surface area contributed by atoms with Crippen LogP contribution in [0.3, 0.4) is 0 Å². The van der Waals surface area contributed by atoms with Gasteiger partial charge in [0.1, 0.15) is 0 Å². The van der Waals surface area contributed by atoms with Crippen LogP contribution in [0.4, 0.5) is 0 Å². The zero-order valence-electron chi connectivity index (χ0n) is 23.4. The highest BCUT2D eigenvalue weighted by Crippen LogP contribution is 2.26. The molecule has 0 saturated carbocycles. The SMILES string of the molecule is Cc1ccccc1/C(=C\C=C\B(c1c(C)ccc2ccccc12)c1c(C)ccc2ccccc12)c1ccccc1. The Labute approximate surface area is 238 Å². The molecule has 0 atom stereocenters. The van der Waals surface area contributed by atoms with Crippen molar-refractivity contribution in [2.75, 3.05) is 0 Å². The molecule has 0 unspecified atom stereocenters. The molecule has 0 fully saturated rings. The molecule has 0 heterocycles. The summed E-state index contributed by atoms with van der Waals surface area (Å²) in [6.07, 6.45) is 4.58. The molecule has 6 aromatic rings. The van der Waals surface area contributed by atoms with Crippen molar-refractivity contribution in [3.05, 3.63) is 173 Å². The lowest BCUT2D eigenvalue weighted by atomic mass is 9.38. The molecule has 0 radical (unpaired) electrons. The third-order valence-corrected chi connectivity index (χ3v) is 8.09. The van der Waals surface area contributed by atoms with E-state index in [0.717, 1.165) is 0 Å². The van der Waals surface area contributed by atoms with Crippen LogP contribution in [-0.4, -0.2) is 6.71 Å². The number of allylic oxidation sites excluding steroid dienone is 2. The molecule has 192 valence electrons. The molecule has 0 saturated heterocycles. The van der Waals surface area contributed by atoms with Crippen LogP contribution in [0.1, 0.15) is 27.8 Å². The van der Waals surface area contributed by atoms with E-state index in [4.69, 9.17) is 0 Å². The van der Waals surface area contributed by atoms with Gasteiger partial charge in [0.2, 0.25) is 6.71 Å². The lowest BCUT2D eigenvalue weighted by Gasteiger charge is -2.21. The fourth-order valence-electron chi connectivity index (χ4n) is 6.07. The van der Waals surface area contributed by atoms with Gasteiger partial charge in [0.15, 0.2) is 0 Å². The third kappa shape index (κ3) is 4.92. The van der Waals surface area contributed by atoms with E-state index in [0.29, 0.717) is 0 Å². The van der Waals surface area contributed by atoms with Crippen molar-refractivity contribution in [3.8, 4) is 0 Å². The first-order valence-corrected chi connectivity index (χ1v) is 14.1. The van der Waals surface area contributed by atoms with Gasteiger partial charge in [-0.25, -0.2) is 0 Å². The van der Waals surface area contributed by atoms with Gasteiger partial charge >= 0.3 is 0 Å². The summed E-state index contributed by atoms with van der Waals surface area (Å²) >= 11 is 0. The molecule has 6 rings (SSSR count). The Balaban J connectivity index is 1.59. The number of hydrogen-bond acceptors (Lipinski definition) is 0. The molecule has 0 aliphatic rings. The largest absolute Gasteiger partial charge is 0.236 e. The lowest BCUT2D eigenvalue weighted by molar-refractivity contribution is 1.41. The summed E-state index contributed by atoms with van der Waals surface area (Å²) < 4.78 is 0. The van der Waals surface area contributed by atoms with E-state index in [2.05, 4.69) is 166 Å². The molecular weight excluding hydrogens is 479 g/mol. The molecular formula is C39H33B. The summed E-state index contributed by atoms with van der Waals surface area (Å²) in [6, 6.07) is 46.0. The van der Waals surface area contributed by atoms with E-state index in [1.807, 2.05) is 0 Å². The standard InChI is InChI=1S/C39H33B/c1-28-14-7-10-19-34(28)35(31-15-5-4-6-16-31)22-13-27-40(38-29(2)23-25-32-17-8-11-20-36(32)38)39-30(3)24-26-33-18-9-12-21-37(33)39/h4-27H,1-3H3/b27-13+,35-22-. The van der Waals surface area contributed by atoms with Crippen molar-refractivity contribution < 1.29 is 0 Å². The van der Waals surface area contributed by atoms with Gasteiger partial charge in [0, 0.05) is 0 Å². The molecule has 40 heavy (non-hydrogen) atoms. The van der Waals surface area contributed by atoms with Crippen LogP contribution < -0.4 is 10.9 Å². The Morgan fingerprint density at radius 2 is 1.02 bits per heavy atom. The molecule has 0 aromatic heterocycles. The van der Waals surface area contributed by atoms with Gasteiger partial charge in [-0.2, -0.15) is 0 Å². The average Bonchev–Trinajstić information content (AvgIpc) is 2.99. The maximum Gasteiger partial charge on any atom is 0.236 e. The Kier molecular flexibility index (Phi) is 7.21. The Morgan fingerprint density at radius 3 is 1.62 bits per heavy atom. The Bertz CT molecular complexity index is 1790. The maximum absolute atomic E-state index is 2.41. The predicted octanol–water partition coefficient (Wildman–Crippen LogP) is 8.75. The van der Waals surface area contributed by atoms with Crippen LogP contribution in [0.5, 0.6) is 0 Å². The summed E-state index contributed by atoms with van der Waals surface area (Å²) in [6.45, 7) is 6.79. The van der Waals surface area contributed by atoms with Crippen LogP contribution in [0.15, 0.2) is 146 Å². The fraction of sp³-hybridized carbons (Fsp3) is 0.0769. The summed E-state index contributed by atoms with van der Waals surface area (Å²) in [4.78, 5) is 0. The van der Waals surface area contributed by atoms with E-state index in [-0.39, 0.29) is 6.71 Å². The van der Waals surface area contributed by atoms with E-state index in [1.54, 1.807) is 0 Å². The van der Waals surface area contributed by atoms with E-state index < -0.39 is 0 Å². The predicted molar refractivity (Wildman–Crippen MR) is 176 cm³/mol. The minimum Gasteiger partial charge on any atom is -0.105 e. The van der Waals surface area contributed by atoms with Crippen molar-refractivity contribution in [3.63, 3.8) is 0 Å². The first-order valence-electron chi connectivity index (χ1n) is 14.1. The van der Waals surface area contributed by atoms with Crippen molar-refractivity contribution in [1.29, 1.82) is 0 Å². The van der Waals surface area contributed by atoms with Gasteiger partial charge in [0.05, 0.1) is 0 Å². The summed E-state index contributed by atoms with van der Waals surface area (Å²) in [7, 11) is 0. The number of aryl methyl sites for hydroxylation is 3. The van der Waals surface area contributed by atoms with Gasteiger partial charge in [-0.3, -0.25) is 0 Å². The van der Waals surface area contributed by atoms with Crippen LogP contribution in [0, 0.1) is 20.8 Å². The summed E-state index contributed by atoms with van der Waals surface area (Å²) in [5.74, 6) is 2.41. The Morgan fingerprint density at radius 1 is 0.500 bits per heavy atom. The molecule has 0 N–H and O–H groups in total. The zero-order chi connectivity index (χ0) is 27.5. The number of rotatable bonds is 6.